The van der Waals surface area contributed by atoms with E-state index >= 15 is 0 Å². The number of hydrogen-bond donors (Lipinski definition) is 0. The minimum atomic E-state index is -2.19. The van der Waals surface area contributed by atoms with Crippen LogP contribution in [0.15, 0.2) is 218 Å². The molecule has 0 amide bonds. The van der Waals surface area contributed by atoms with Gasteiger partial charge in [0.05, 0.1) is 0 Å². The van der Waals surface area contributed by atoms with Crippen molar-refractivity contribution in [3.8, 4) is 0 Å². The predicted octanol–water partition coefficient (Wildman–Crippen LogP) is 12.6. The highest BCUT2D eigenvalue weighted by Crippen LogP contribution is 2.55. The Balaban J connectivity index is 0.000000220. The lowest BCUT2D eigenvalue weighted by Crippen LogP contribution is -2.74. The van der Waals surface area contributed by atoms with E-state index in [0.717, 1.165) is 0 Å². The summed E-state index contributed by atoms with van der Waals surface area (Å²) in [5.74, 6) is 0. The summed E-state index contributed by atoms with van der Waals surface area (Å²) in [6.45, 7) is 27.6. The van der Waals surface area contributed by atoms with Crippen LogP contribution in [0.1, 0.15) is 105 Å². The molecule has 0 aliphatic carbocycles. The van der Waals surface area contributed by atoms with E-state index in [1.54, 1.807) is 0 Å². The number of hydrogen-bond acceptors (Lipinski definition) is 0. The lowest BCUT2D eigenvalue weighted by molar-refractivity contribution is 0.590. The maximum atomic E-state index is 2.42. The SMILES string of the molecule is CC(C)(C)c1ccc([P+](c2ccc(C(C)(C)C)cc2)(c2ccc(C(C)(C)C)cc2)c2ccc(C(C)(C)C)cc2)cc1.c1ccc([B-](c2ccccc2)(c2ccccc2)c2ccccc2)cc1. The van der Waals surface area contributed by atoms with Crippen LogP contribution in [0.3, 0.4) is 0 Å². The first-order valence-corrected chi connectivity index (χ1v) is 25.8. The van der Waals surface area contributed by atoms with Crippen LogP contribution in [-0.2, 0) is 21.7 Å². The standard InChI is InChI=1S/C40H52P.C24H20B/c1-37(2,3)29-13-21-33(22-14-29)41(34-23-15-30(16-24-34)38(4,5)6,35-25-17-31(18-26-35)39(7,8)9)36-27-19-32(20-28-36)40(10,11)12;1-5-13-21(14-6-1)25(22-15-7-2-8-16-22,23-17-9-3-10-18-23)24-19-11-4-12-20-24/h13-28H,1-12H3;1-20H/q+1;-1. The molecule has 0 radical (unpaired) electrons. The van der Waals surface area contributed by atoms with E-state index in [0.29, 0.717) is 0 Å². The van der Waals surface area contributed by atoms with Gasteiger partial charge in [-0.15, -0.1) is 0 Å². The van der Waals surface area contributed by atoms with Crippen molar-refractivity contribution in [1.29, 1.82) is 0 Å². The van der Waals surface area contributed by atoms with Crippen LogP contribution < -0.4 is 43.1 Å². The fourth-order valence-corrected chi connectivity index (χ4v) is 13.9. The Morgan fingerprint density at radius 2 is 0.394 bits per heavy atom. The summed E-state index contributed by atoms with van der Waals surface area (Å²) in [5.41, 5.74) is 11.3. The Bertz CT molecular complexity index is 2350. The number of rotatable bonds is 8. The molecule has 0 heterocycles. The molecule has 0 saturated carbocycles. The summed E-state index contributed by atoms with van der Waals surface area (Å²) in [6, 6.07) is 81.8. The third kappa shape index (κ3) is 9.99. The second-order valence-corrected chi connectivity index (χ2v) is 25.8. The van der Waals surface area contributed by atoms with E-state index in [1.807, 2.05) is 0 Å². The van der Waals surface area contributed by atoms with Crippen molar-refractivity contribution >= 4 is 56.5 Å². The third-order valence-corrected chi connectivity index (χ3v) is 18.0. The molecule has 0 unspecified atom stereocenters. The highest BCUT2D eigenvalue weighted by atomic mass is 31.2. The van der Waals surface area contributed by atoms with E-state index in [2.05, 4.69) is 301 Å². The molecule has 0 fully saturated rings. The van der Waals surface area contributed by atoms with Gasteiger partial charge in [0.1, 0.15) is 34.6 Å². The molecule has 0 aromatic heterocycles. The molecule has 0 nitrogen and oxygen atoms in total. The minimum absolute atomic E-state index is 0.108. The van der Waals surface area contributed by atoms with Gasteiger partial charge in [-0.05, 0) is 92.4 Å². The van der Waals surface area contributed by atoms with Crippen LogP contribution in [0.5, 0.6) is 0 Å². The van der Waals surface area contributed by atoms with E-state index in [9.17, 15) is 0 Å². The largest absolute Gasteiger partial charge is 0.195 e. The van der Waals surface area contributed by atoms with Crippen LogP contribution in [0, 0.1) is 0 Å². The lowest BCUT2D eigenvalue weighted by Gasteiger charge is -2.44. The van der Waals surface area contributed by atoms with Gasteiger partial charge in [0, 0.05) is 0 Å². The van der Waals surface area contributed by atoms with E-state index in [1.165, 1.54) is 65.3 Å². The zero-order valence-electron chi connectivity index (χ0n) is 41.8. The Hall–Kier alpha value is -5.75. The maximum absolute atomic E-state index is 2.42. The molecule has 336 valence electrons. The molecule has 0 atom stereocenters. The average Bonchev–Trinajstić information content (AvgIpc) is 3.31. The summed E-state index contributed by atoms with van der Waals surface area (Å²) >= 11 is 0. The summed E-state index contributed by atoms with van der Waals surface area (Å²) in [5, 5.41) is 5.61. The van der Waals surface area contributed by atoms with Crippen LogP contribution in [0.25, 0.3) is 0 Å². The molecular weight excluding hydrogens is 810 g/mol. The highest BCUT2D eigenvalue weighted by Gasteiger charge is 2.48. The second kappa shape index (κ2) is 19.2. The first-order valence-electron chi connectivity index (χ1n) is 24.0. The lowest BCUT2D eigenvalue weighted by atomic mass is 9.13. The summed E-state index contributed by atoms with van der Waals surface area (Å²) < 4.78 is 0. The molecular formula is C64H72BP. The van der Waals surface area contributed by atoms with E-state index < -0.39 is 13.4 Å². The van der Waals surface area contributed by atoms with Gasteiger partial charge in [-0.3, -0.25) is 0 Å². The molecule has 0 saturated heterocycles. The summed E-state index contributed by atoms with van der Waals surface area (Å²) in [4.78, 5) is 0. The molecule has 0 bridgehead atoms. The van der Waals surface area contributed by atoms with Gasteiger partial charge in [-0.25, -0.2) is 0 Å². The van der Waals surface area contributed by atoms with Crippen molar-refractivity contribution < 1.29 is 0 Å². The van der Waals surface area contributed by atoms with Crippen molar-refractivity contribution in [2.24, 2.45) is 0 Å². The Labute approximate surface area is 399 Å². The van der Waals surface area contributed by atoms with E-state index in [4.69, 9.17) is 0 Å². The molecule has 2 heteroatoms. The van der Waals surface area contributed by atoms with Gasteiger partial charge >= 0.3 is 0 Å². The normalized spacial score (nSPS) is 12.5. The molecule has 0 aliphatic rings. The Morgan fingerprint density at radius 3 is 0.545 bits per heavy atom. The van der Waals surface area contributed by atoms with Crippen molar-refractivity contribution in [3.63, 3.8) is 0 Å². The fourth-order valence-electron chi connectivity index (χ4n) is 9.76. The van der Waals surface area contributed by atoms with Crippen LogP contribution in [-0.4, -0.2) is 6.15 Å². The second-order valence-electron chi connectivity index (χ2n) is 22.4. The fraction of sp³-hybridized carbons (Fsp3) is 0.250. The average molecular weight is 883 g/mol. The first kappa shape index (κ1) is 48.2. The highest BCUT2D eigenvalue weighted by molar-refractivity contribution is 8.01. The smallest absolute Gasteiger partial charge is 0.144 e. The van der Waals surface area contributed by atoms with E-state index in [-0.39, 0.29) is 21.7 Å². The summed E-state index contributed by atoms with van der Waals surface area (Å²) in [6.07, 6.45) is -1.22. The molecule has 0 aliphatic heterocycles. The van der Waals surface area contributed by atoms with Crippen molar-refractivity contribution in [2.75, 3.05) is 0 Å². The Kier molecular flexibility index (Phi) is 14.0. The van der Waals surface area contributed by atoms with Gasteiger partial charge in [0.2, 0.25) is 0 Å². The molecule has 0 N–H and O–H groups in total. The van der Waals surface area contributed by atoms with Crippen LogP contribution in [0.4, 0.5) is 0 Å². The number of benzene rings is 8. The van der Waals surface area contributed by atoms with Crippen molar-refractivity contribution in [3.05, 3.63) is 241 Å². The van der Waals surface area contributed by atoms with Gasteiger partial charge in [0.25, 0.3) is 0 Å². The molecule has 8 rings (SSSR count). The van der Waals surface area contributed by atoms with Gasteiger partial charge in [-0.1, -0.05) is 253 Å². The van der Waals surface area contributed by atoms with Crippen molar-refractivity contribution in [1.82, 2.24) is 0 Å². The molecule has 8 aromatic rings. The predicted molar refractivity (Wildman–Crippen MR) is 296 cm³/mol. The molecule has 8 aromatic carbocycles. The maximum Gasteiger partial charge on any atom is 0.144 e. The van der Waals surface area contributed by atoms with Gasteiger partial charge < -0.3 is 0 Å². The van der Waals surface area contributed by atoms with Crippen LogP contribution >= 0.6 is 7.26 Å². The zero-order chi connectivity index (χ0) is 47.4. The molecule has 0 spiro atoms. The zero-order valence-corrected chi connectivity index (χ0v) is 42.7. The van der Waals surface area contributed by atoms with Crippen molar-refractivity contribution in [2.45, 2.75) is 105 Å². The van der Waals surface area contributed by atoms with Crippen LogP contribution in [0.2, 0.25) is 0 Å². The first-order chi connectivity index (χ1) is 31.3. The minimum Gasteiger partial charge on any atom is -0.195 e. The summed E-state index contributed by atoms with van der Waals surface area (Å²) in [7, 11) is -2.19. The van der Waals surface area contributed by atoms with Gasteiger partial charge in [0.15, 0.2) is 0 Å². The Morgan fingerprint density at radius 1 is 0.227 bits per heavy atom. The quantitative estimate of drug-likeness (QED) is 0.105. The monoisotopic (exact) mass is 883 g/mol. The third-order valence-electron chi connectivity index (χ3n) is 13.7. The van der Waals surface area contributed by atoms with Gasteiger partial charge in [-0.2, -0.15) is 21.9 Å². The molecule has 66 heavy (non-hydrogen) atoms. The topological polar surface area (TPSA) is 0 Å².